The molecule has 4 aromatic rings. The van der Waals surface area contributed by atoms with Gasteiger partial charge in [-0.15, -0.1) is 23.1 Å². The van der Waals surface area contributed by atoms with Crippen LogP contribution in [0.15, 0.2) is 72.1 Å². The maximum atomic E-state index is 13.6. The van der Waals surface area contributed by atoms with Gasteiger partial charge in [-0.25, -0.2) is 4.68 Å². The molecule has 196 valence electrons. The zero-order chi connectivity index (χ0) is 26.5. The lowest BCUT2D eigenvalue weighted by atomic mass is 10.0. The summed E-state index contributed by atoms with van der Waals surface area (Å²) in [5.74, 6) is 1.15. The van der Waals surface area contributed by atoms with Crippen LogP contribution in [0, 0.1) is 0 Å². The highest BCUT2D eigenvalue weighted by molar-refractivity contribution is 8.00. The molecule has 2 amide bonds. The molecule has 0 saturated carbocycles. The number of ether oxygens (including phenoxy) is 2. The number of hydrogen-bond donors (Lipinski definition) is 1. The minimum atomic E-state index is -0.260. The second-order valence-electron chi connectivity index (χ2n) is 8.59. The van der Waals surface area contributed by atoms with Gasteiger partial charge >= 0.3 is 0 Å². The molecule has 0 radical (unpaired) electrons. The van der Waals surface area contributed by atoms with Crippen LogP contribution in [-0.2, 0) is 14.3 Å². The number of carbonyl (C=O) groups is 2. The van der Waals surface area contributed by atoms with E-state index in [0.717, 1.165) is 27.4 Å². The van der Waals surface area contributed by atoms with Gasteiger partial charge in [0.15, 0.2) is 0 Å². The molecule has 3 heterocycles. The first-order chi connectivity index (χ1) is 18.6. The lowest BCUT2D eigenvalue weighted by molar-refractivity contribution is -0.123. The number of methoxy groups -OCH3 is 2. The van der Waals surface area contributed by atoms with E-state index in [9.17, 15) is 9.59 Å². The number of anilines is 1. The van der Waals surface area contributed by atoms with Crippen LogP contribution in [0.1, 0.15) is 15.7 Å². The molecule has 5 rings (SSSR count). The summed E-state index contributed by atoms with van der Waals surface area (Å²) in [7, 11) is 3.20. The third kappa shape index (κ3) is 5.33. The highest BCUT2D eigenvalue weighted by atomic mass is 32.2. The van der Waals surface area contributed by atoms with Crippen LogP contribution in [0.5, 0.6) is 5.75 Å². The maximum Gasteiger partial charge on any atom is 0.240 e. The molecule has 1 atom stereocenters. The van der Waals surface area contributed by atoms with E-state index in [1.807, 2.05) is 66.0 Å². The fourth-order valence-corrected chi connectivity index (χ4v) is 6.56. The largest absolute Gasteiger partial charge is 0.497 e. The maximum absolute atomic E-state index is 13.6. The van der Waals surface area contributed by atoms with Crippen molar-refractivity contribution >= 4 is 40.7 Å². The molecule has 0 fully saturated rings. The molecule has 2 aromatic carbocycles. The Labute approximate surface area is 229 Å². The first-order valence-electron chi connectivity index (χ1n) is 12.1. The second kappa shape index (κ2) is 11.8. The topological polar surface area (TPSA) is 85.7 Å². The van der Waals surface area contributed by atoms with Crippen molar-refractivity contribution < 1.29 is 19.1 Å². The van der Waals surface area contributed by atoms with E-state index in [-0.39, 0.29) is 29.4 Å². The first-order valence-corrected chi connectivity index (χ1v) is 14.1. The van der Waals surface area contributed by atoms with E-state index in [1.165, 1.54) is 0 Å². The van der Waals surface area contributed by atoms with E-state index in [4.69, 9.17) is 14.6 Å². The normalized spacial score (nSPS) is 15.2. The average Bonchev–Trinajstić information content (AvgIpc) is 3.59. The summed E-state index contributed by atoms with van der Waals surface area (Å²) < 4.78 is 12.2. The van der Waals surface area contributed by atoms with E-state index in [0.29, 0.717) is 24.7 Å². The van der Waals surface area contributed by atoms with Crippen LogP contribution in [0.3, 0.4) is 0 Å². The Kier molecular flexibility index (Phi) is 8.11. The molecule has 8 nitrogen and oxygen atoms in total. The van der Waals surface area contributed by atoms with E-state index >= 15 is 0 Å². The van der Waals surface area contributed by atoms with Crippen LogP contribution >= 0.6 is 23.1 Å². The molecular formula is C28H28N4O4S2. The minimum absolute atomic E-state index is 0.122. The van der Waals surface area contributed by atoms with Crippen molar-refractivity contribution in [3.63, 3.8) is 0 Å². The van der Waals surface area contributed by atoms with Crippen molar-refractivity contribution in [3.8, 4) is 22.7 Å². The van der Waals surface area contributed by atoms with E-state index in [2.05, 4.69) is 11.4 Å². The van der Waals surface area contributed by atoms with Crippen molar-refractivity contribution in [1.82, 2.24) is 15.1 Å². The number of hydrogen-bond acceptors (Lipinski definition) is 7. The van der Waals surface area contributed by atoms with E-state index in [1.54, 1.807) is 46.9 Å². The lowest BCUT2D eigenvalue weighted by Crippen LogP contribution is -2.43. The molecule has 0 bridgehead atoms. The van der Waals surface area contributed by atoms with Gasteiger partial charge < -0.3 is 14.8 Å². The Hall–Kier alpha value is -3.60. The molecule has 2 aromatic heterocycles. The van der Waals surface area contributed by atoms with Crippen LogP contribution in [-0.4, -0.2) is 61.3 Å². The third-order valence-electron chi connectivity index (χ3n) is 6.18. The molecule has 1 N–H and O–H groups in total. The van der Waals surface area contributed by atoms with Gasteiger partial charge in [-0.05, 0) is 35.7 Å². The molecule has 0 unspecified atom stereocenters. The highest BCUT2D eigenvalue weighted by Crippen LogP contribution is 2.49. The molecule has 38 heavy (non-hydrogen) atoms. The number of fused-ring (bicyclic) bond motifs is 1. The van der Waals surface area contributed by atoms with Gasteiger partial charge in [0.1, 0.15) is 18.1 Å². The van der Waals surface area contributed by atoms with Crippen LogP contribution in [0.2, 0.25) is 0 Å². The number of nitrogens with zero attached hydrogens (tertiary/aromatic N) is 3. The summed E-state index contributed by atoms with van der Waals surface area (Å²) in [6.07, 6.45) is 0. The summed E-state index contributed by atoms with van der Waals surface area (Å²) in [5.41, 5.74) is 3.40. The summed E-state index contributed by atoms with van der Waals surface area (Å²) in [5, 5.41) is 9.84. The van der Waals surface area contributed by atoms with Crippen LogP contribution in [0.4, 0.5) is 5.82 Å². The number of thioether (sulfide) groups is 1. The van der Waals surface area contributed by atoms with Crippen LogP contribution < -0.4 is 15.0 Å². The van der Waals surface area contributed by atoms with Crippen molar-refractivity contribution in [1.29, 1.82) is 0 Å². The summed E-state index contributed by atoms with van der Waals surface area (Å²) in [6, 6.07) is 21.6. The summed E-state index contributed by atoms with van der Waals surface area (Å²) in [6.45, 7) is 0.635. The predicted octanol–water partition coefficient (Wildman–Crippen LogP) is 4.54. The van der Waals surface area contributed by atoms with Gasteiger partial charge in [0.05, 0.1) is 36.1 Å². The van der Waals surface area contributed by atoms with Gasteiger partial charge in [0, 0.05) is 29.7 Å². The minimum Gasteiger partial charge on any atom is -0.497 e. The molecule has 0 saturated heterocycles. The number of carbonyl (C=O) groups excluding carboxylic acids is 2. The number of benzene rings is 2. The smallest absolute Gasteiger partial charge is 0.240 e. The highest BCUT2D eigenvalue weighted by Gasteiger charge is 2.38. The molecular weight excluding hydrogens is 520 g/mol. The van der Waals surface area contributed by atoms with Gasteiger partial charge in [-0.2, -0.15) is 5.10 Å². The second-order valence-corrected chi connectivity index (χ2v) is 10.7. The molecule has 0 spiro atoms. The van der Waals surface area contributed by atoms with E-state index < -0.39 is 0 Å². The zero-order valence-corrected chi connectivity index (χ0v) is 22.8. The summed E-state index contributed by atoms with van der Waals surface area (Å²) >= 11 is 3.21. The SMILES string of the molecule is COCCNC(=O)CN1C(=O)CS[C@@H](c2cccs2)c2c(-c3ccccc3)nn(-c3ccc(OC)cc3)c21. The first kappa shape index (κ1) is 26.0. The number of amides is 2. The fourth-order valence-electron chi connectivity index (χ4n) is 4.39. The fraction of sp³-hybridized carbons (Fsp3) is 0.250. The Morgan fingerprint density at radius 3 is 2.55 bits per heavy atom. The summed E-state index contributed by atoms with van der Waals surface area (Å²) in [4.78, 5) is 29.3. The Morgan fingerprint density at radius 1 is 1.08 bits per heavy atom. The van der Waals surface area contributed by atoms with Gasteiger partial charge in [0.25, 0.3) is 0 Å². The molecule has 1 aliphatic heterocycles. The van der Waals surface area contributed by atoms with Gasteiger partial charge in [0.2, 0.25) is 11.8 Å². The predicted molar refractivity (Wildman–Crippen MR) is 151 cm³/mol. The lowest BCUT2D eigenvalue weighted by Gasteiger charge is -2.23. The van der Waals surface area contributed by atoms with Crippen LogP contribution in [0.25, 0.3) is 16.9 Å². The van der Waals surface area contributed by atoms with Gasteiger partial charge in [-0.1, -0.05) is 36.4 Å². The third-order valence-corrected chi connectivity index (χ3v) is 8.51. The van der Waals surface area contributed by atoms with Crippen molar-refractivity contribution in [2.75, 3.05) is 44.6 Å². The average molecular weight is 549 g/mol. The Morgan fingerprint density at radius 2 is 1.87 bits per heavy atom. The van der Waals surface area contributed by atoms with Gasteiger partial charge in [-0.3, -0.25) is 14.5 Å². The quantitative estimate of drug-likeness (QED) is 0.309. The molecule has 10 heteroatoms. The molecule has 1 aliphatic rings. The number of nitrogens with one attached hydrogen (secondary N) is 1. The number of aromatic nitrogens is 2. The van der Waals surface area contributed by atoms with Crippen molar-refractivity contribution in [3.05, 3.63) is 82.6 Å². The molecule has 0 aliphatic carbocycles. The van der Waals surface area contributed by atoms with Crippen molar-refractivity contribution in [2.24, 2.45) is 0 Å². The zero-order valence-electron chi connectivity index (χ0n) is 21.1. The Balaban J connectivity index is 1.72. The monoisotopic (exact) mass is 548 g/mol. The number of thiophene rings is 1. The Bertz CT molecular complexity index is 1390. The number of rotatable bonds is 9. The standard InChI is InChI=1S/C28H28N4O4S2/c1-35-15-14-29-23(33)17-31-24(34)18-38-27(22-9-6-16-37-22)25-26(19-7-4-3-5-8-19)30-32(28(25)31)20-10-12-21(36-2)13-11-20/h3-13,16,27H,14-15,17-18H2,1-2H3,(H,29,33)/t27-/m0/s1. The van der Waals surface area contributed by atoms with Crippen molar-refractivity contribution in [2.45, 2.75) is 5.25 Å².